The van der Waals surface area contributed by atoms with E-state index in [1.54, 1.807) is 6.07 Å². The Balaban J connectivity index is 2.87. The predicted molar refractivity (Wildman–Crippen MR) is 79.9 cm³/mol. The summed E-state index contributed by atoms with van der Waals surface area (Å²) >= 11 is 0. The first kappa shape index (κ1) is 13.6. The van der Waals surface area contributed by atoms with Crippen LogP contribution in [0.3, 0.4) is 0 Å². The number of anilines is 1. The van der Waals surface area contributed by atoms with Crippen LogP contribution in [-0.2, 0) is 0 Å². The van der Waals surface area contributed by atoms with E-state index in [1.807, 2.05) is 6.07 Å². The van der Waals surface area contributed by atoms with E-state index in [0.717, 1.165) is 11.1 Å². The summed E-state index contributed by atoms with van der Waals surface area (Å²) < 4.78 is 13.7. The first-order valence-electron chi connectivity index (χ1n) is 6.47. The summed E-state index contributed by atoms with van der Waals surface area (Å²) in [6, 6.07) is 5.00. The maximum atomic E-state index is 13.7. The molecule has 0 bridgehead atoms. The minimum atomic E-state index is -0.354. The van der Waals surface area contributed by atoms with Gasteiger partial charge < -0.3 is 5.73 Å². The van der Waals surface area contributed by atoms with Crippen LogP contribution in [-0.4, -0.2) is 0 Å². The summed E-state index contributed by atoms with van der Waals surface area (Å²) in [4.78, 5) is 0. The predicted octanol–water partition coefficient (Wildman–Crippen LogP) is 4.62. The minimum absolute atomic E-state index is 0.233. The van der Waals surface area contributed by atoms with Crippen LogP contribution in [0.25, 0.3) is 11.1 Å². The maximum absolute atomic E-state index is 13.7. The van der Waals surface area contributed by atoms with Crippen molar-refractivity contribution in [3.63, 3.8) is 0 Å². The van der Waals surface area contributed by atoms with Gasteiger partial charge in [0, 0.05) is 5.56 Å². The molecule has 0 saturated carbocycles. The summed E-state index contributed by atoms with van der Waals surface area (Å²) in [5.74, 6) is -0.354. The second kappa shape index (κ2) is 4.69. The highest BCUT2D eigenvalue weighted by atomic mass is 19.1. The zero-order valence-corrected chi connectivity index (χ0v) is 12.2. The average molecular weight is 257 g/mol. The lowest BCUT2D eigenvalue weighted by atomic mass is 9.86. The molecule has 0 aliphatic rings. The number of para-hydroxylation sites is 1. The Morgan fingerprint density at radius 2 is 1.26 bits per heavy atom. The van der Waals surface area contributed by atoms with Crippen molar-refractivity contribution in [1.29, 1.82) is 0 Å². The standard InChI is InChI=1S/C17H20FN/c1-9-10(2)12(4)16(13(5)11(9)3)14-7-6-8-15(18)17(14)19/h6-8H,19H2,1-5H3. The molecule has 100 valence electrons. The molecule has 0 heterocycles. The number of nitrogens with two attached hydrogens (primary N) is 1. The number of hydrogen-bond acceptors (Lipinski definition) is 1. The van der Waals surface area contributed by atoms with Gasteiger partial charge in [-0.2, -0.15) is 0 Å². The molecule has 2 rings (SSSR count). The van der Waals surface area contributed by atoms with Crippen molar-refractivity contribution in [3.05, 3.63) is 51.8 Å². The van der Waals surface area contributed by atoms with Crippen LogP contribution < -0.4 is 5.73 Å². The Labute approximate surface area is 114 Å². The van der Waals surface area contributed by atoms with Crippen molar-refractivity contribution < 1.29 is 4.39 Å². The molecule has 0 aliphatic heterocycles. The van der Waals surface area contributed by atoms with Gasteiger partial charge in [-0.15, -0.1) is 0 Å². The summed E-state index contributed by atoms with van der Waals surface area (Å²) in [6.45, 7) is 10.5. The third-order valence-electron chi connectivity index (χ3n) is 4.32. The molecule has 0 aliphatic carbocycles. The highest BCUT2D eigenvalue weighted by Crippen LogP contribution is 2.37. The smallest absolute Gasteiger partial charge is 0.146 e. The Bertz CT molecular complexity index is 628. The number of rotatable bonds is 1. The van der Waals surface area contributed by atoms with E-state index in [1.165, 1.54) is 33.9 Å². The molecule has 0 saturated heterocycles. The molecule has 0 fully saturated rings. The molecule has 2 aromatic rings. The van der Waals surface area contributed by atoms with E-state index >= 15 is 0 Å². The fraction of sp³-hybridized carbons (Fsp3) is 0.294. The Morgan fingerprint density at radius 1 is 0.789 bits per heavy atom. The lowest BCUT2D eigenvalue weighted by Crippen LogP contribution is -2.02. The number of nitrogen functional groups attached to an aromatic ring is 1. The van der Waals surface area contributed by atoms with Crippen molar-refractivity contribution >= 4 is 5.69 Å². The second-order valence-corrected chi connectivity index (χ2v) is 5.20. The van der Waals surface area contributed by atoms with Gasteiger partial charge >= 0.3 is 0 Å². The zero-order chi connectivity index (χ0) is 14.3. The molecular weight excluding hydrogens is 237 g/mol. The highest BCUT2D eigenvalue weighted by molar-refractivity contribution is 5.83. The van der Waals surface area contributed by atoms with Gasteiger partial charge in [0.1, 0.15) is 5.82 Å². The Hall–Kier alpha value is -1.83. The first-order chi connectivity index (χ1) is 8.86. The van der Waals surface area contributed by atoms with E-state index in [-0.39, 0.29) is 11.5 Å². The monoisotopic (exact) mass is 257 g/mol. The normalized spacial score (nSPS) is 10.8. The summed E-state index contributed by atoms with van der Waals surface area (Å²) in [5.41, 5.74) is 14.2. The molecule has 0 amide bonds. The molecule has 0 aromatic heterocycles. The molecule has 0 unspecified atom stereocenters. The van der Waals surface area contributed by atoms with Crippen LogP contribution in [0.1, 0.15) is 27.8 Å². The summed E-state index contributed by atoms with van der Waals surface area (Å²) in [7, 11) is 0. The van der Waals surface area contributed by atoms with E-state index in [9.17, 15) is 4.39 Å². The van der Waals surface area contributed by atoms with Crippen LogP contribution in [0.15, 0.2) is 18.2 Å². The molecule has 19 heavy (non-hydrogen) atoms. The Morgan fingerprint density at radius 3 is 1.79 bits per heavy atom. The quantitative estimate of drug-likeness (QED) is 0.741. The van der Waals surface area contributed by atoms with Crippen molar-refractivity contribution in [3.8, 4) is 11.1 Å². The van der Waals surface area contributed by atoms with Crippen LogP contribution in [0.4, 0.5) is 10.1 Å². The topological polar surface area (TPSA) is 26.0 Å². The van der Waals surface area contributed by atoms with Crippen molar-refractivity contribution in [2.24, 2.45) is 0 Å². The van der Waals surface area contributed by atoms with Gasteiger partial charge in [-0.05, 0) is 74.1 Å². The van der Waals surface area contributed by atoms with E-state index in [0.29, 0.717) is 0 Å². The molecule has 2 N–H and O–H groups in total. The van der Waals surface area contributed by atoms with Crippen molar-refractivity contribution in [2.45, 2.75) is 34.6 Å². The number of halogens is 1. The van der Waals surface area contributed by atoms with Crippen LogP contribution in [0.5, 0.6) is 0 Å². The highest BCUT2D eigenvalue weighted by Gasteiger charge is 2.16. The molecule has 0 spiro atoms. The largest absolute Gasteiger partial charge is 0.396 e. The van der Waals surface area contributed by atoms with Gasteiger partial charge in [0.25, 0.3) is 0 Å². The van der Waals surface area contributed by atoms with E-state index in [2.05, 4.69) is 34.6 Å². The maximum Gasteiger partial charge on any atom is 0.146 e. The fourth-order valence-corrected chi connectivity index (χ4v) is 2.66. The lowest BCUT2D eigenvalue weighted by molar-refractivity contribution is 0.633. The summed E-state index contributed by atoms with van der Waals surface area (Å²) in [5, 5.41) is 0. The Kier molecular flexibility index (Phi) is 3.36. The summed E-state index contributed by atoms with van der Waals surface area (Å²) in [6.07, 6.45) is 0. The number of benzene rings is 2. The van der Waals surface area contributed by atoms with Gasteiger partial charge in [0.05, 0.1) is 5.69 Å². The van der Waals surface area contributed by atoms with Crippen LogP contribution in [0, 0.1) is 40.4 Å². The van der Waals surface area contributed by atoms with E-state index < -0.39 is 0 Å². The molecule has 0 radical (unpaired) electrons. The zero-order valence-electron chi connectivity index (χ0n) is 12.2. The molecule has 2 heteroatoms. The third-order valence-corrected chi connectivity index (χ3v) is 4.32. The van der Waals surface area contributed by atoms with Gasteiger partial charge in [0.15, 0.2) is 0 Å². The molecular formula is C17H20FN. The van der Waals surface area contributed by atoms with Gasteiger partial charge in [-0.3, -0.25) is 0 Å². The molecule has 0 atom stereocenters. The fourth-order valence-electron chi connectivity index (χ4n) is 2.66. The van der Waals surface area contributed by atoms with Crippen molar-refractivity contribution in [2.75, 3.05) is 5.73 Å². The first-order valence-corrected chi connectivity index (χ1v) is 6.47. The second-order valence-electron chi connectivity index (χ2n) is 5.20. The minimum Gasteiger partial charge on any atom is -0.396 e. The SMILES string of the molecule is Cc1c(C)c(C)c(-c2cccc(F)c2N)c(C)c1C. The molecule has 2 aromatic carbocycles. The molecule has 1 nitrogen and oxygen atoms in total. The van der Waals surface area contributed by atoms with Crippen LogP contribution >= 0.6 is 0 Å². The van der Waals surface area contributed by atoms with Crippen LogP contribution in [0.2, 0.25) is 0 Å². The average Bonchev–Trinajstić information content (AvgIpc) is 2.39. The van der Waals surface area contributed by atoms with Gasteiger partial charge in [-0.25, -0.2) is 4.39 Å². The van der Waals surface area contributed by atoms with Gasteiger partial charge in [0.2, 0.25) is 0 Å². The lowest BCUT2D eigenvalue weighted by Gasteiger charge is -2.20. The van der Waals surface area contributed by atoms with E-state index in [4.69, 9.17) is 5.73 Å². The van der Waals surface area contributed by atoms with Gasteiger partial charge in [-0.1, -0.05) is 12.1 Å². The van der Waals surface area contributed by atoms with Crippen molar-refractivity contribution in [1.82, 2.24) is 0 Å². The number of hydrogen-bond donors (Lipinski definition) is 1. The third kappa shape index (κ3) is 2.01.